The lowest BCUT2D eigenvalue weighted by molar-refractivity contribution is -0.384. The van der Waals surface area contributed by atoms with Crippen LogP contribution in [0.15, 0.2) is 36.4 Å². The van der Waals surface area contributed by atoms with Gasteiger partial charge in [0.1, 0.15) is 0 Å². The van der Waals surface area contributed by atoms with E-state index < -0.39 is 0 Å². The zero-order chi connectivity index (χ0) is 16.6. The summed E-state index contributed by atoms with van der Waals surface area (Å²) in [6.45, 7) is 8.95. The molecule has 23 heavy (non-hydrogen) atoms. The fourth-order valence-electron chi connectivity index (χ4n) is 3.46. The molecule has 0 unspecified atom stereocenters. The molecule has 0 N–H and O–H groups in total. The van der Waals surface area contributed by atoms with E-state index >= 15 is 0 Å². The number of aryl methyl sites for hydroxylation is 3. The maximum atomic E-state index is 11.0. The Morgan fingerprint density at radius 1 is 1.00 bits per heavy atom. The Kier molecular flexibility index (Phi) is 3.94. The van der Waals surface area contributed by atoms with E-state index in [1.807, 2.05) is 6.07 Å². The number of rotatable bonds is 3. The molecule has 2 aromatic rings. The Hall–Kier alpha value is -2.56. The molecule has 1 aliphatic heterocycles. The minimum atomic E-state index is -0.342. The molecule has 0 radical (unpaired) electrons. The van der Waals surface area contributed by atoms with E-state index in [9.17, 15) is 10.1 Å². The molecule has 0 atom stereocenters. The van der Waals surface area contributed by atoms with Crippen LogP contribution < -0.4 is 9.80 Å². The minimum Gasteiger partial charge on any atom is -0.352 e. The van der Waals surface area contributed by atoms with Gasteiger partial charge in [-0.05, 0) is 38.0 Å². The smallest absolute Gasteiger partial charge is 0.271 e. The van der Waals surface area contributed by atoms with Crippen LogP contribution in [0.1, 0.15) is 16.7 Å². The molecule has 0 amide bonds. The highest BCUT2D eigenvalue weighted by Gasteiger charge is 2.23. The molecule has 1 heterocycles. The van der Waals surface area contributed by atoms with Crippen LogP contribution in [0, 0.1) is 30.9 Å². The van der Waals surface area contributed by atoms with Crippen LogP contribution in [0.2, 0.25) is 0 Å². The summed E-state index contributed by atoms with van der Waals surface area (Å²) in [7, 11) is 0. The Morgan fingerprint density at radius 2 is 1.65 bits per heavy atom. The van der Waals surface area contributed by atoms with E-state index in [0.29, 0.717) is 0 Å². The number of nitrogens with zero attached hydrogens (tertiary/aromatic N) is 3. The Morgan fingerprint density at radius 3 is 2.30 bits per heavy atom. The number of hydrogen-bond donors (Lipinski definition) is 0. The van der Waals surface area contributed by atoms with Crippen LogP contribution in [0.3, 0.4) is 0 Å². The van der Waals surface area contributed by atoms with Crippen molar-refractivity contribution in [3.05, 3.63) is 63.2 Å². The summed E-state index contributed by atoms with van der Waals surface area (Å²) in [5.41, 5.74) is 6.17. The quantitative estimate of drug-likeness (QED) is 0.639. The van der Waals surface area contributed by atoms with Crippen molar-refractivity contribution in [3.8, 4) is 0 Å². The van der Waals surface area contributed by atoms with Gasteiger partial charge < -0.3 is 9.80 Å². The summed E-state index contributed by atoms with van der Waals surface area (Å²) in [6, 6.07) is 11.3. The third-order valence-electron chi connectivity index (χ3n) is 4.34. The summed E-state index contributed by atoms with van der Waals surface area (Å²) in [4.78, 5) is 15.1. The van der Waals surface area contributed by atoms with Gasteiger partial charge in [-0.15, -0.1) is 0 Å². The topological polar surface area (TPSA) is 49.6 Å². The molecule has 1 saturated heterocycles. The molecular weight excluding hydrogens is 290 g/mol. The standard InChI is InChI=1S/C18H21N3O2/c1-13-9-14(2)18(15(3)10-13)20-8-7-19(12-20)16-5-4-6-17(11-16)21(22)23/h4-6,9-11H,7-8,12H2,1-3H3. The average Bonchev–Trinajstić information content (AvgIpc) is 2.96. The molecule has 0 aliphatic carbocycles. The maximum Gasteiger partial charge on any atom is 0.271 e. The van der Waals surface area contributed by atoms with Crippen LogP contribution in [0.4, 0.5) is 17.1 Å². The second-order valence-corrected chi connectivity index (χ2v) is 6.19. The molecule has 1 aliphatic rings. The van der Waals surface area contributed by atoms with Crippen molar-refractivity contribution in [2.45, 2.75) is 20.8 Å². The van der Waals surface area contributed by atoms with Crippen molar-refractivity contribution in [2.24, 2.45) is 0 Å². The van der Waals surface area contributed by atoms with Gasteiger partial charge in [0.05, 0.1) is 11.6 Å². The highest BCUT2D eigenvalue weighted by atomic mass is 16.6. The first-order chi connectivity index (χ1) is 11.0. The first kappa shape index (κ1) is 15.3. The molecule has 0 aromatic heterocycles. The van der Waals surface area contributed by atoms with Crippen molar-refractivity contribution >= 4 is 17.1 Å². The molecule has 5 heteroatoms. The van der Waals surface area contributed by atoms with E-state index in [4.69, 9.17) is 0 Å². The number of nitro groups is 1. The van der Waals surface area contributed by atoms with Gasteiger partial charge in [-0.1, -0.05) is 23.8 Å². The summed E-state index contributed by atoms with van der Waals surface area (Å²) < 4.78 is 0. The van der Waals surface area contributed by atoms with E-state index in [1.165, 1.54) is 28.4 Å². The molecule has 3 rings (SSSR count). The highest BCUT2D eigenvalue weighted by Crippen LogP contribution is 2.30. The zero-order valence-electron chi connectivity index (χ0n) is 13.7. The number of benzene rings is 2. The largest absolute Gasteiger partial charge is 0.352 e. The van der Waals surface area contributed by atoms with Crippen LogP contribution in [0.5, 0.6) is 0 Å². The molecule has 5 nitrogen and oxygen atoms in total. The Bertz CT molecular complexity index is 735. The Balaban J connectivity index is 1.84. The van der Waals surface area contributed by atoms with E-state index in [-0.39, 0.29) is 10.6 Å². The monoisotopic (exact) mass is 311 g/mol. The van der Waals surface area contributed by atoms with Gasteiger partial charge in [-0.3, -0.25) is 10.1 Å². The van der Waals surface area contributed by atoms with Gasteiger partial charge in [0.2, 0.25) is 0 Å². The lowest BCUT2D eigenvalue weighted by atomic mass is 10.0. The fourth-order valence-corrected chi connectivity index (χ4v) is 3.46. The van der Waals surface area contributed by atoms with Gasteiger partial charge in [0.15, 0.2) is 0 Å². The van der Waals surface area contributed by atoms with Crippen molar-refractivity contribution in [2.75, 3.05) is 29.6 Å². The minimum absolute atomic E-state index is 0.142. The number of anilines is 2. The summed E-state index contributed by atoms with van der Waals surface area (Å²) >= 11 is 0. The van der Waals surface area contributed by atoms with Crippen molar-refractivity contribution in [1.29, 1.82) is 0 Å². The second-order valence-electron chi connectivity index (χ2n) is 6.19. The fraction of sp³-hybridized carbons (Fsp3) is 0.333. The maximum absolute atomic E-state index is 11.0. The first-order valence-electron chi connectivity index (χ1n) is 7.78. The summed E-state index contributed by atoms with van der Waals surface area (Å²) in [6.07, 6.45) is 0. The van der Waals surface area contributed by atoms with Crippen LogP contribution in [-0.4, -0.2) is 24.7 Å². The van der Waals surface area contributed by atoms with Gasteiger partial charge in [-0.2, -0.15) is 0 Å². The highest BCUT2D eigenvalue weighted by molar-refractivity contribution is 5.63. The van der Waals surface area contributed by atoms with Crippen LogP contribution in [0.25, 0.3) is 0 Å². The van der Waals surface area contributed by atoms with Gasteiger partial charge in [-0.25, -0.2) is 0 Å². The van der Waals surface area contributed by atoms with Crippen molar-refractivity contribution in [1.82, 2.24) is 0 Å². The molecular formula is C18H21N3O2. The molecule has 0 bridgehead atoms. The third kappa shape index (κ3) is 2.99. The molecule has 0 saturated carbocycles. The number of non-ortho nitro benzene ring substituents is 1. The van der Waals surface area contributed by atoms with Crippen LogP contribution >= 0.6 is 0 Å². The molecule has 0 spiro atoms. The third-order valence-corrected chi connectivity index (χ3v) is 4.34. The molecule has 2 aromatic carbocycles. The lowest BCUT2D eigenvalue weighted by Gasteiger charge is -2.24. The number of nitro benzene ring substituents is 1. The molecule has 120 valence electrons. The number of hydrogen-bond acceptors (Lipinski definition) is 4. The first-order valence-corrected chi connectivity index (χ1v) is 7.78. The normalized spacial score (nSPS) is 14.4. The van der Waals surface area contributed by atoms with Crippen molar-refractivity contribution in [3.63, 3.8) is 0 Å². The van der Waals surface area contributed by atoms with E-state index in [0.717, 1.165) is 25.4 Å². The van der Waals surface area contributed by atoms with Crippen molar-refractivity contribution < 1.29 is 4.92 Å². The van der Waals surface area contributed by atoms with Gasteiger partial charge >= 0.3 is 0 Å². The van der Waals surface area contributed by atoms with E-state index in [1.54, 1.807) is 12.1 Å². The Labute approximate surface area is 136 Å². The zero-order valence-corrected chi connectivity index (χ0v) is 13.7. The lowest BCUT2D eigenvalue weighted by Crippen LogP contribution is -2.26. The molecule has 1 fully saturated rings. The average molecular weight is 311 g/mol. The second kappa shape index (κ2) is 5.91. The van der Waals surface area contributed by atoms with E-state index in [2.05, 4.69) is 42.7 Å². The van der Waals surface area contributed by atoms with Gasteiger partial charge in [0, 0.05) is 36.6 Å². The SMILES string of the molecule is Cc1cc(C)c(N2CCN(c3cccc([N+](=O)[O-])c3)C2)c(C)c1. The van der Waals surface area contributed by atoms with Gasteiger partial charge in [0.25, 0.3) is 5.69 Å². The van der Waals surface area contributed by atoms with Crippen LogP contribution in [-0.2, 0) is 0 Å². The summed E-state index contributed by atoms with van der Waals surface area (Å²) in [5.74, 6) is 0. The summed E-state index contributed by atoms with van der Waals surface area (Å²) in [5, 5.41) is 11.0. The predicted octanol–water partition coefficient (Wildman–Crippen LogP) is 3.80. The predicted molar refractivity (Wildman–Crippen MR) is 93.3 cm³/mol.